The molecule has 69 heavy (non-hydrogen) atoms. The highest BCUT2D eigenvalue weighted by molar-refractivity contribution is 7.99. The summed E-state index contributed by atoms with van der Waals surface area (Å²) in [4.78, 5) is 148. The minimum absolute atomic E-state index is 0.0174. The van der Waals surface area contributed by atoms with Crippen LogP contribution in [0.3, 0.4) is 0 Å². The van der Waals surface area contributed by atoms with Gasteiger partial charge in [0.05, 0.1) is 20.1 Å². The second-order valence-electron chi connectivity index (χ2n) is 17.4. The fourth-order valence-electron chi connectivity index (χ4n) is 7.50. The number of carbonyl (C=O) groups excluding carboxylic acids is 11. The fourth-order valence-corrected chi connectivity index (χ4v) is 8.23. The lowest BCUT2D eigenvalue weighted by Gasteiger charge is -2.31. The Hall–Kier alpha value is -6.46. The lowest BCUT2D eigenvalue weighted by Crippen LogP contribution is -2.61. The maximum atomic E-state index is 14.7. The molecule has 0 aliphatic carbocycles. The van der Waals surface area contributed by atoms with Crippen LogP contribution in [0.2, 0.25) is 0 Å². The van der Waals surface area contributed by atoms with Gasteiger partial charge in [-0.15, -0.1) is 0 Å². The number of methoxy groups -OCH3 is 1. The normalized spacial score (nSPS) is 24.3. The molecule has 2 aliphatic rings. The zero-order valence-electron chi connectivity index (χ0n) is 41.7. The summed E-state index contributed by atoms with van der Waals surface area (Å²) in [6, 6.07) is -4.00. The largest absolute Gasteiger partial charge is 0.497 e. The van der Waals surface area contributed by atoms with Crippen molar-refractivity contribution in [2.45, 2.75) is 134 Å². The van der Waals surface area contributed by atoms with E-state index in [0.29, 0.717) is 29.5 Å². The van der Waals surface area contributed by atoms with Gasteiger partial charge in [-0.05, 0) is 67.4 Å². The highest BCUT2D eigenvalue weighted by Crippen LogP contribution is 2.22. The Kier molecular flexibility index (Phi) is 21.8. The number of thioether (sulfide) groups is 1. The van der Waals surface area contributed by atoms with E-state index in [2.05, 4.69) is 37.2 Å². The highest BCUT2D eigenvalue weighted by atomic mass is 32.2. The molecule has 2 saturated heterocycles. The average molecular weight is 990 g/mol. The van der Waals surface area contributed by atoms with Crippen molar-refractivity contribution in [3.63, 3.8) is 0 Å². The van der Waals surface area contributed by atoms with Crippen molar-refractivity contribution >= 4 is 76.7 Å². The fraction of sp³-hybridized carbons (Fsp3) is 0.622. The molecule has 23 nitrogen and oxygen atoms in total. The number of nitrogens with one attached hydrogen (secondary N) is 7. The Bertz CT molecular complexity index is 2120. The van der Waals surface area contributed by atoms with Gasteiger partial charge in [0.25, 0.3) is 0 Å². The van der Waals surface area contributed by atoms with E-state index in [4.69, 9.17) is 24.7 Å². The molecule has 2 fully saturated rings. The topological polar surface area (TPSA) is 363 Å². The lowest BCUT2D eigenvalue weighted by atomic mass is 9.96. The predicted octanol–water partition coefficient (Wildman–Crippen LogP) is -2.50. The molecule has 2 unspecified atom stereocenters. The maximum Gasteiger partial charge on any atom is 0.246 e. The molecule has 0 radical (unpaired) electrons. The molecule has 13 N–H and O–H groups in total. The van der Waals surface area contributed by atoms with E-state index in [1.165, 1.54) is 7.11 Å². The number of hydrogen-bond donors (Lipinski definition) is 10. The summed E-state index contributed by atoms with van der Waals surface area (Å²) in [7, 11) is 1.48. The van der Waals surface area contributed by atoms with Gasteiger partial charge in [-0.25, -0.2) is 0 Å². The molecule has 3 rings (SSSR count). The zero-order chi connectivity index (χ0) is 53.2. The number of nitrogens with zero attached hydrogens (tertiary/aromatic N) is 1. The molecular formula is C45H69N11O12S. The number of carbonyl (C=O) groups is 11. The van der Waals surface area contributed by atoms with Crippen LogP contribution in [0.5, 0.6) is 5.75 Å². The number of nitrogens with two attached hydrogens (primary N) is 3. The van der Waals surface area contributed by atoms with E-state index in [9.17, 15) is 52.7 Å². The second-order valence-corrected chi connectivity index (χ2v) is 18.4. The van der Waals surface area contributed by atoms with Crippen molar-refractivity contribution in [3.05, 3.63) is 29.8 Å². The van der Waals surface area contributed by atoms with Crippen LogP contribution in [-0.4, -0.2) is 144 Å². The van der Waals surface area contributed by atoms with Gasteiger partial charge < -0.3 is 64.1 Å². The molecule has 0 spiro atoms. The quantitative estimate of drug-likeness (QED) is 0.0728. The number of primary amides is 3. The number of amides is 11. The van der Waals surface area contributed by atoms with Crippen LogP contribution in [0, 0.1) is 11.8 Å². The summed E-state index contributed by atoms with van der Waals surface area (Å²) < 4.78 is 23.6. The van der Waals surface area contributed by atoms with Gasteiger partial charge in [0.2, 0.25) is 65.0 Å². The van der Waals surface area contributed by atoms with Gasteiger partial charge in [0, 0.05) is 34.3 Å². The van der Waals surface area contributed by atoms with Crippen molar-refractivity contribution in [1.29, 1.82) is 0 Å². The van der Waals surface area contributed by atoms with Gasteiger partial charge in [-0.2, -0.15) is 11.8 Å². The Balaban J connectivity index is 2.10. The van der Waals surface area contributed by atoms with Gasteiger partial charge in [-0.3, -0.25) is 52.7 Å². The summed E-state index contributed by atoms with van der Waals surface area (Å²) in [6.07, 6.45) is -1.32. The number of ether oxygens (including phenoxy) is 1. The van der Waals surface area contributed by atoms with Crippen LogP contribution in [-0.2, 0) is 59.2 Å². The third-order valence-corrected chi connectivity index (χ3v) is 12.3. The first-order valence-electron chi connectivity index (χ1n) is 23.9. The third kappa shape index (κ3) is 18.9. The molecule has 0 bridgehead atoms. The second kappa shape index (κ2) is 28.1. The summed E-state index contributed by atoms with van der Waals surface area (Å²) in [5.41, 5.74) is 14.0. The van der Waals surface area contributed by atoms with E-state index in [0.717, 1.165) is 4.90 Å². The van der Waals surface area contributed by atoms with Gasteiger partial charge in [-0.1, -0.05) is 46.2 Å². The number of likely N-dealkylation sites (tertiary alicyclic amines) is 1. The van der Waals surface area contributed by atoms with Gasteiger partial charge >= 0.3 is 0 Å². The minimum atomic E-state index is -2.73. The molecule has 1 aromatic rings. The first-order valence-corrected chi connectivity index (χ1v) is 23.9. The van der Waals surface area contributed by atoms with E-state index < -0.39 is 145 Å². The highest BCUT2D eigenvalue weighted by Gasteiger charge is 2.40. The number of benzene rings is 1. The molecule has 11 amide bonds. The molecule has 0 saturated carbocycles. The summed E-state index contributed by atoms with van der Waals surface area (Å²) >= 11 is 0.544. The molecule has 8 atom stereocenters. The number of rotatable bonds is 18. The Morgan fingerprint density at radius 2 is 1.49 bits per heavy atom. The molecule has 2 aliphatic heterocycles. The van der Waals surface area contributed by atoms with E-state index >= 15 is 0 Å². The number of hydrogen-bond acceptors (Lipinski definition) is 13. The SMILES string of the molecule is [2H]C1([2H])SCCCC(=O)N[C@@H](Cc2ccc(OC)cc2)C(=O)N[C@@H](C(C)CC)C(=O)N[C@@H](CCC(N)=O)C(=O)N[C@@H](CC(N)=O)C(=O)N[C@@H]1C(=O)N1CCC[C@H]1C(=O)NC(CC(C)C)C(=O)NCC(N)=O. The Morgan fingerprint density at radius 1 is 0.841 bits per heavy atom. The Labute approximate surface area is 408 Å². The molecule has 24 heteroatoms. The first-order chi connectivity index (χ1) is 33.4. The monoisotopic (exact) mass is 989 g/mol. The average Bonchev–Trinajstić information content (AvgIpc) is 3.80. The van der Waals surface area contributed by atoms with Crippen LogP contribution in [0.1, 0.15) is 93.8 Å². The van der Waals surface area contributed by atoms with Crippen LogP contribution in [0.4, 0.5) is 0 Å². The van der Waals surface area contributed by atoms with Crippen molar-refractivity contribution in [2.75, 3.05) is 31.7 Å². The lowest BCUT2D eigenvalue weighted by molar-refractivity contribution is -0.142. The first kappa shape index (κ1) is 53.5. The maximum absolute atomic E-state index is 14.7. The van der Waals surface area contributed by atoms with Gasteiger partial charge in [0.15, 0.2) is 0 Å². The van der Waals surface area contributed by atoms with Crippen LogP contribution in [0.25, 0.3) is 0 Å². The Morgan fingerprint density at radius 3 is 2.10 bits per heavy atom. The van der Waals surface area contributed by atoms with Crippen LogP contribution >= 0.6 is 11.8 Å². The van der Waals surface area contributed by atoms with Crippen molar-refractivity contribution < 1.29 is 60.2 Å². The van der Waals surface area contributed by atoms with Crippen molar-refractivity contribution in [1.82, 2.24) is 42.1 Å². The third-order valence-electron chi connectivity index (χ3n) is 11.4. The summed E-state index contributed by atoms with van der Waals surface area (Å²) in [5, 5.41) is 17.5. The van der Waals surface area contributed by atoms with E-state index in [1.807, 2.05) is 0 Å². The zero-order valence-corrected chi connectivity index (χ0v) is 40.5. The molecule has 382 valence electrons. The van der Waals surface area contributed by atoms with Crippen molar-refractivity contribution in [2.24, 2.45) is 29.0 Å². The smallest absolute Gasteiger partial charge is 0.246 e. The molecule has 1 aromatic carbocycles. The van der Waals surface area contributed by atoms with E-state index in [1.54, 1.807) is 52.0 Å². The van der Waals surface area contributed by atoms with Crippen molar-refractivity contribution in [3.8, 4) is 5.75 Å². The van der Waals surface area contributed by atoms with Crippen LogP contribution in [0.15, 0.2) is 24.3 Å². The summed E-state index contributed by atoms with van der Waals surface area (Å²) in [6.45, 7) is 6.38. The molecule has 0 aromatic heterocycles. The van der Waals surface area contributed by atoms with Gasteiger partial charge in [0.1, 0.15) is 48.0 Å². The van der Waals surface area contributed by atoms with Crippen LogP contribution < -0.4 is 59.2 Å². The standard InChI is InChI=1S/C45H69N11O12S/c1-6-25(4)38-44(66)51-28(15-16-34(46)57)40(62)52-31(21-35(47)58)41(63)54-32(23-69-18-8-10-37(60)50-30(42(64)55-38)20-26-11-13-27(68-5)14-12-26)45(67)56-17-7-9-33(56)43(65)53-29(19-24(2)3)39(61)49-22-36(48)59/h11-14,24-25,28-33,38H,6-10,15-23H2,1-5H3,(H2,46,57)(H2,47,58)(H2,48,59)(H,49,61)(H,50,60)(H,51,66)(H,52,62)(H,53,65)(H,54,63)(H,55,64)/t25?,28-,29?,30-,31-,32-,33-,38-/m0/s1/i23D2. The minimum Gasteiger partial charge on any atom is -0.497 e. The summed E-state index contributed by atoms with van der Waals surface area (Å²) in [5.74, 6) is -10.4. The molecular weight excluding hydrogens is 919 g/mol. The van der Waals surface area contributed by atoms with E-state index in [-0.39, 0.29) is 56.7 Å². The predicted molar refractivity (Wildman–Crippen MR) is 253 cm³/mol. The molecule has 2 heterocycles.